The van der Waals surface area contributed by atoms with E-state index in [-0.39, 0.29) is 24.3 Å². The molecule has 43 heavy (non-hydrogen) atoms. The van der Waals surface area contributed by atoms with E-state index in [1.807, 2.05) is 32.9 Å². The van der Waals surface area contributed by atoms with Gasteiger partial charge in [-0.3, -0.25) is 14.3 Å². The van der Waals surface area contributed by atoms with Crippen LogP contribution in [0, 0.1) is 20.8 Å². The van der Waals surface area contributed by atoms with E-state index in [2.05, 4.69) is 27.8 Å². The van der Waals surface area contributed by atoms with Gasteiger partial charge < -0.3 is 10.6 Å². The molecule has 0 saturated heterocycles. The zero-order valence-corrected chi connectivity index (χ0v) is 25.1. The Morgan fingerprint density at radius 3 is 2.23 bits per heavy atom. The largest absolute Gasteiger partial charge is 0.416 e. The molecule has 0 unspecified atom stereocenters. The highest BCUT2D eigenvalue weighted by Crippen LogP contribution is 2.37. The molecule has 1 aromatic heterocycles. The summed E-state index contributed by atoms with van der Waals surface area (Å²) in [6, 6.07) is 15.9. The van der Waals surface area contributed by atoms with Gasteiger partial charge in [-0.05, 0) is 78.9 Å². The number of benzene rings is 3. The minimum Gasteiger partial charge on any atom is -0.381 e. The van der Waals surface area contributed by atoms with Gasteiger partial charge in [0.1, 0.15) is 5.69 Å². The summed E-state index contributed by atoms with van der Waals surface area (Å²) >= 11 is 6.67. The maximum Gasteiger partial charge on any atom is 0.416 e. The fraction of sp³-hybridized carbons (Fsp3) is 0.226. The number of carbonyl (C=O) groups excluding carboxylic acids is 1. The van der Waals surface area contributed by atoms with Crippen molar-refractivity contribution < 1.29 is 30.9 Å². The SMILES string of the molecule is Cc1cc(C)c(-c2ccc(NCc3ccc(C(F)(F)F)cc3-c3ccc(C(=O)NCCS(=O)(=O)O)nc3)cc2Cl)c(C)c1. The van der Waals surface area contributed by atoms with Gasteiger partial charge in [-0.15, -0.1) is 0 Å². The number of hydrogen-bond acceptors (Lipinski definition) is 5. The number of nitrogens with one attached hydrogen (secondary N) is 2. The van der Waals surface area contributed by atoms with Crippen molar-refractivity contribution in [2.75, 3.05) is 17.6 Å². The van der Waals surface area contributed by atoms with Crippen molar-refractivity contribution in [3.05, 3.63) is 105 Å². The standard InChI is InChI=1S/C31H29ClF3N3O4S/c1-18-12-19(2)29(20(3)13-18)25-8-7-24(15-27(25)32)37-16-21-4-6-23(31(33,34)35)14-26(21)22-5-9-28(38-17-22)30(39)36-10-11-43(40,41)42/h4-9,12-15,17,37H,10-11,16H2,1-3H3,(H,36,39)(H,40,41,42). The highest BCUT2D eigenvalue weighted by Gasteiger charge is 2.31. The van der Waals surface area contributed by atoms with Crippen LogP contribution in [0.1, 0.15) is 38.3 Å². The van der Waals surface area contributed by atoms with Crippen LogP contribution in [0.3, 0.4) is 0 Å². The Morgan fingerprint density at radius 1 is 0.953 bits per heavy atom. The van der Waals surface area contributed by atoms with Crippen molar-refractivity contribution in [3.63, 3.8) is 0 Å². The number of halogens is 4. The molecule has 12 heteroatoms. The van der Waals surface area contributed by atoms with E-state index in [9.17, 15) is 26.4 Å². The molecule has 0 atom stereocenters. The molecule has 226 valence electrons. The summed E-state index contributed by atoms with van der Waals surface area (Å²) < 4.78 is 71.2. The predicted octanol–water partition coefficient (Wildman–Crippen LogP) is 7.24. The highest BCUT2D eigenvalue weighted by atomic mass is 35.5. The lowest BCUT2D eigenvalue weighted by molar-refractivity contribution is -0.137. The normalized spacial score (nSPS) is 11.8. The fourth-order valence-corrected chi connectivity index (χ4v) is 5.51. The molecular weight excluding hydrogens is 603 g/mol. The van der Waals surface area contributed by atoms with Crippen molar-refractivity contribution in [2.45, 2.75) is 33.5 Å². The van der Waals surface area contributed by atoms with E-state index in [1.165, 1.54) is 24.4 Å². The van der Waals surface area contributed by atoms with Crippen molar-refractivity contribution in [1.29, 1.82) is 0 Å². The summed E-state index contributed by atoms with van der Waals surface area (Å²) in [7, 11) is -4.25. The molecule has 4 rings (SSSR count). The van der Waals surface area contributed by atoms with Crippen LogP contribution < -0.4 is 10.6 Å². The van der Waals surface area contributed by atoms with E-state index >= 15 is 0 Å². The van der Waals surface area contributed by atoms with Crippen LogP contribution in [0.5, 0.6) is 0 Å². The van der Waals surface area contributed by atoms with E-state index in [1.54, 1.807) is 6.07 Å². The van der Waals surface area contributed by atoms with Gasteiger partial charge >= 0.3 is 6.18 Å². The number of nitrogens with zero attached hydrogens (tertiary/aromatic N) is 1. The number of rotatable bonds is 9. The number of aromatic nitrogens is 1. The Labute approximate surface area is 252 Å². The van der Waals surface area contributed by atoms with Crippen molar-refractivity contribution in [3.8, 4) is 22.3 Å². The summed E-state index contributed by atoms with van der Waals surface area (Å²) in [5, 5.41) is 6.07. The molecule has 1 heterocycles. The van der Waals surface area contributed by atoms with E-state index in [0.717, 1.165) is 39.9 Å². The highest BCUT2D eigenvalue weighted by molar-refractivity contribution is 7.85. The Hall–Kier alpha value is -3.93. The first-order valence-electron chi connectivity index (χ1n) is 13.1. The van der Waals surface area contributed by atoms with Crippen LogP contribution >= 0.6 is 11.6 Å². The smallest absolute Gasteiger partial charge is 0.381 e. The molecule has 0 aliphatic rings. The Bertz CT molecular complexity index is 1750. The quantitative estimate of drug-likeness (QED) is 0.168. The number of alkyl halides is 3. The first-order valence-corrected chi connectivity index (χ1v) is 15.1. The molecule has 3 N–H and O–H groups in total. The Balaban J connectivity index is 1.58. The van der Waals surface area contributed by atoms with Crippen LogP contribution in [0.2, 0.25) is 5.02 Å². The first-order chi connectivity index (χ1) is 20.1. The molecule has 0 saturated carbocycles. The Kier molecular flexibility index (Phi) is 9.48. The third kappa shape index (κ3) is 8.13. The summed E-state index contributed by atoms with van der Waals surface area (Å²) in [6.45, 7) is 5.93. The van der Waals surface area contributed by atoms with Gasteiger partial charge in [0.25, 0.3) is 16.0 Å². The average Bonchev–Trinajstić information content (AvgIpc) is 2.91. The molecule has 0 aliphatic carbocycles. The Morgan fingerprint density at radius 2 is 1.65 bits per heavy atom. The van der Waals surface area contributed by atoms with Crippen LogP contribution in [0.4, 0.5) is 18.9 Å². The number of aryl methyl sites for hydroxylation is 3. The second-order valence-corrected chi connectivity index (χ2v) is 12.1. The lowest BCUT2D eigenvalue weighted by atomic mass is 9.93. The van der Waals surface area contributed by atoms with Crippen molar-refractivity contribution >= 4 is 33.3 Å². The minimum atomic E-state index is -4.57. The molecule has 4 aromatic rings. The van der Waals surface area contributed by atoms with Gasteiger partial charge in [-0.25, -0.2) is 0 Å². The second kappa shape index (κ2) is 12.7. The summed E-state index contributed by atoms with van der Waals surface area (Å²) in [4.78, 5) is 16.3. The maximum atomic E-state index is 13.6. The van der Waals surface area contributed by atoms with Gasteiger partial charge in [0.15, 0.2) is 0 Å². The van der Waals surface area contributed by atoms with Gasteiger partial charge in [0.2, 0.25) is 0 Å². The predicted molar refractivity (Wildman–Crippen MR) is 162 cm³/mol. The van der Waals surface area contributed by atoms with Crippen LogP contribution in [0.15, 0.2) is 66.9 Å². The third-order valence-corrected chi connectivity index (χ3v) is 7.82. The monoisotopic (exact) mass is 631 g/mol. The van der Waals surface area contributed by atoms with Gasteiger partial charge in [-0.1, -0.05) is 47.5 Å². The molecule has 1 amide bonds. The number of amides is 1. The zero-order chi connectivity index (χ0) is 31.5. The van der Waals surface area contributed by atoms with Crippen LogP contribution in [-0.4, -0.2) is 36.2 Å². The number of anilines is 1. The molecule has 7 nitrogen and oxygen atoms in total. The van der Waals surface area contributed by atoms with Gasteiger partial charge in [0, 0.05) is 36.1 Å². The average molecular weight is 632 g/mol. The molecule has 0 bridgehead atoms. The van der Waals surface area contributed by atoms with Crippen molar-refractivity contribution in [2.24, 2.45) is 0 Å². The van der Waals surface area contributed by atoms with Gasteiger partial charge in [0.05, 0.1) is 16.3 Å². The number of hydrogen-bond donors (Lipinski definition) is 3. The second-order valence-electron chi connectivity index (χ2n) is 10.2. The third-order valence-electron chi connectivity index (χ3n) is 6.79. The van der Waals surface area contributed by atoms with Crippen LogP contribution in [0.25, 0.3) is 22.3 Å². The number of pyridine rings is 1. The molecule has 3 aromatic carbocycles. The minimum absolute atomic E-state index is 0.0699. The molecule has 0 fully saturated rings. The maximum absolute atomic E-state index is 13.6. The van der Waals surface area contributed by atoms with E-state index < -0.39 is 33.5 Å². The van der Waals surface area contributed by atoms with Gasteiger partial charge in [-0.2, -0.15) is 21.6 Å². The molecular formula is C31H29ClF3N3O4S. The molecule has 0 aliphatic heterocycles. The van der Waals surface area contributed by atoms with Crippen LogP contribution in [-0.2, 0) is 22.8 Å². The first kappa shape index (κ1) is 32.0. The van der Waals surface area contributed by atoms with E-state index in [4.69, 9.17) is 16.2 Å². The lowest BCUT2D eigenvalue weighted by Crippen LogP contribution is -2.29. The topological polar surface area (TPSA) is 108 Å². The lowest BCUT2D eigenvalue weighted by Gasteiger charge is -2.17. The summed E-state index contributed by atoms with van der Waals surface area (Å²) in [5.41, 5.74) is 6.22. The fourth-order valence-electron chi connectivity index (χ4n) is 4.88. The summed E-state index contributed by atoms with van der Waals surface area (Å²) in [5.74, 6) is -1.37. The zero-order valence-electron chi connectivity index (χ0n) is 23.5. The van der Waals surface area contributed by atoms with E-state index in [0.29, 0.717) is 21.8 Å². The molecule has 0 radical (unpaired) electrons. The van der Waals surface area contributed by atoms with Crippen molar-refractivity contribution in [1.82, 2.24) is 10.3 Å². The molecule has 0 spiro atoms. The summed E-state index contributed by atoms with van der Waals surface area (Å²) in [6.07, 6.45) is -3.30. The number of carbonyl (C=O) groups is 1.